The van der Waals surface area contributed by atoms with E-state index in [4.69, 9.17) is 23.2 Å². The minimum atomic E-state index is -0.311. The number of urea groups is 2. The number of benzene rings is 3. The lowest BCUT2D eigenvalue weighted by Gasteiger charge is -2.23. The van der Waals surface area contributed by atoms with Gasteiger partial charge in [-0.25, -0.2) is 9.59 Å². The standard InChI is InChI=1S/C23H21BrCl2N4O2/c24-16-7-9-17(10-8-16)28-22(31)27-13-4-14-30(19-5-2-1-3-6-19)23(32)29-18-11-12-20(25)21(26)15-18/h1-3,5-12,15H,4,13-14H2,(H,29,32)(H2,27,28,31). The van der Waals surface area contributed by atoms with E-state index in [2.05, 4.69) is 31.9 Å². The maximum absolute atomic E-state index is 12.9. The van der Waals surface area contributed by atoms with Gasteiger partial charge in [0.25, 0.3) is 0 Å². The molecule has 0 radical (unpaired) electrons. The van der Waals surface area contributed by atoms with Crippen molar-refractivity contribution in [2.45, 2.75) is 6.42 Å². The van der Waals surface area contributed by atoms with Crippen LogP contribution in [0.25, 0.3) is 0 Å². The Hall–Kier alpha value is -2.74. The molecule has 3 aromatic rings. The summed E-state index contributed by atoms with van der Waals surface area (Å²) < 4.78 is 0.934. The summed E-state index contributed by atoms with van der Waals surface area (Å²) >= 11 is 15.3. The molecule has 0 bridgehead atoms. The van der Waals surface area contributed by atoms with Crippen molar-refractivity contribution >= 4 is 68.3 Å². The van der Waals surface area contributed by atoms with E-state index in [1.807, 2.05) is 42.5 Å². The highest BCUT2D eigenvalue weighted by Gasteiger charge is 2.16. The molecule has 0 heterocycles. The third-order valence-corrected chi connectivity index (χ3v) is 5.70. The number of rotatable bonds is 7. The van der Waals surface area contributed by atoms with Crippen LogP contribution < -0.4 is 20.9 Å². The van der Waals surface area contributed by atoms with Crippen molar-refractivity contribution in [3.63, 3.8) is 0 Å². The molecule has 0 spiro atoms. The highest BCUT2D eigenvalue weighted by atomic mass is 79.9. The van der Waals surface area contributed by atoms with Gasteiger partial charge in [-0.3, -0.25) is 4.90 Å². The normalized spacial score (nSPS) is 10.3. The van der Waals surface area contributed by atoms with Gasteiger partial charge in [-0.2, -0.15) is 0 Å². The number of carbonyl (C=O) groups is 2. The Kier molecular flexibility index (Phi) is 8.79. The molecule has 0 fully saturated rings. The average molecular weight is 536 g/mol. The Morgan fingerprint density at radius 2 is 1.53 bits per heavy atom. The maximum Gasteiger partial charge on any atom is 0.326 e. The summed E-state index contributed by atoms with van der Waals surface area (Å²) in [4.78, 5) is 26.6. The van der Waals surface area contributed by atoms with Crippen molar-refractivity contribution in [3.8, 4) is 0 Å². The van der Waals surface area contributed by atoms with E-state index in [9.17, 15) is 9.59 Å². The topological polar surface area (TPSA) is 73.5 Å². The first-order valence-corrected chi connectivity index (χ1v) is 11.4. The third-order valence-electron chi connectivity index (χ3n) is 4.43. The number of nitrogens with zero attached hydrogens (tertiary/aromatic N) is 1. The molecule has 0 saturated carbocycles. The molecule has 6 nitrogen and oxygen atoms in total. The molecule has 0 saturated heterocycles. The van der Waals surface area contributed by atoms with Crippen LogP contribution in [0.2, 0.25) is 10.0 Å². The van der Waals surface area contributed by atoms with Gasteiger partial charge in [-0.1, -0.05) is 57.3 Å². The molecule has 0 aliphatic carbocycles. The molecular weight excluding hydrogens is 515 g/mol. The number of amides is 4. The molecule has 0 unspecified atom stereocenters. The van der Waals surface area contributed by atoms with Crippen molar-refractivity contribution in [1.29, 1.82) is 0 Å². The molecule has 4 amide bonds. The fraction of sp³-hybridized carbons (Fsp3) is 0.130. The molecule has 3 N–H and O–H groups in total. The van der Waals surface area contributed by atoms with Gasteiger partial charge in [0, 0.05) is 34.6 Å². The van der Waals surface area contributed by atoms with Crippen LogP contribution in [0, 0.1) is 0 Å². The van der Waals surface area contributed by atoms with Gasteiger partial charge in [0.2, 0.25) is 0 Å². The zero-order valence-electron chi connectivity index (χ0n) is 16.9. The lowest BCUT2D eigenvalue weighted by Crippen LogP contribution is -2.38. The number of hydrogen-bond acceptors (Lipinski definition) is 2. The maximum atomic E-state index is 12.9. The molecular formula is C23H21BrCl2N4O2. The van der Waals surface area contributed by atoms with Gasteiger partial charge in [-0.05, 0) is 61.0 Å². The van der Waals surface area contributed by atoms with Crippen molar-refractivity contribution in [2.24, 2.45) is 0 Å². The second-order valence-electron chi connectivity index (χ2n) is 6.79. The third kappa shape index (κ3) is 7.15. The number of nitrogens with one attached hydrogen (secondary N) is 3. The SMILES string of the molecule is O=C(NCCCN(C(=O)Nc1ccc(Cl)c(Cl)c1)c1ccccc1)Nc1ccc(Br)cc1. The largest absolute Gasteiger partial charge is 0.338 e. The average Bonchev–Trinajstić information content (AvgIpc) is 2.78. The molecule has 0 aliphatic heterocycles. The van der Waals surface area contributed by atoms with E-state index in [1.54, 1.807) is 35.2 Å². The van der Waals surface area contributed by atoms with Gasteiger partial charge in [0.15, 0.2) is 0 Å². The van der Waals surface area contributed by atoms with Crippen molar-refractivity contribution in [3.05, 3.63) is 87.3 Å². The molecule has 166 valence electrons. The van der Waals surface area contributed by atoms with Gasteiger partial charge in [0.1, 0.15) is 0 Å². The lowest BCUT2D eigenvalue weighted by atomic mass is 10.2. The number of para-hydroxylation sites is 1. The Labute approximate surface area is 205 Å². The minimum Gasteiger partial charge on any atom is -0.338 e. The Bertz CT molecular complexity index is 1070. The number of carbonyl (C=O) groups excluding carboxylic acids is 2. The molecule has 0 aliphatic rings. The summed E-state index contributed by atoms with van der Waals surface area (Å²) in [6, 6.07) is 20.9. The fourth-order valence-corrected chi connectivity index (χ4v) is 3.43. The van der Waals surface area contributed by atoms with Crippen LogP contribution in [-0.2, 0) is 0 Å². The molecule has 32 heavy (non-hydrogen) atoms. The Morgan fingerprint density at radius 3 is 2.22 bits per heavy atom. The Morgan fingerprint density at radius 1 is 0.844 bits per heavy atom. The van der Waals surface area contributed by atoms with E-state index in [-0.39, 0.29) is 12.1 Å². The first-order chi connectivity index (χ1) is 15.4. The zero-order chi connectivity index (χ0) is 22.9. The molecule has 0 atom stereocenters. The molecule has 3 aromatic carbocycles. The first-order valence-electron chi connectivity index (χ1n) is 9.81. The molecule has 3 rings (SSSR count). The zero-order valence-corrected chi connectivity index (χ0v) is 20.0. The number of anilines is 3. The van der Waals surface area contributed by atoms with Crippen LogP contribution in [0.15, 0.2) is 77.3 Å². The monoisotopic (exact) mass is 534 g/mol. The van der Waals surface area contributed by atoms with Crippen LogP contribution in [-0.4, -0.2) is 25.2 Å². The van der Waals surface area contributed by atoms with Crippen molar-refractivity contribution in [1.82, 2.24) is 5.32 Å². The van der Waals surface area contributed by atoms with Gasteiger partial charge in [0.05, 0.1) is 10.0 Å². The van der Waals surface area contributed by atoms with Gasteiger partial charge < -0.3 is 16.0 Å². The quantitative estimate of drug-likeness (QED) is 0.285. The number of hydrogen-bond donors (Lipinski definition) is 3. The van der Waals surface area contributed by atoms with E-state index in [1.165, 1.54) is 0 Å². The van der Waals surface area contributed by atoms with Crippen LogP contribution >= 0.6 is 39.1 Å². The van der Waals surface area contributed by atoms with Crippen LogP contribution in [0.5, 0.6) is 0 Å². The summed E-state index contributed by atoms with van der Waals surface area (Å²) in [5, 5.41) is 9.18. The van der Waals surface area contributed by atoms with Gasteiger partial charge >= 0.3 is 12.1 Å². The predicted molar refractivity (Wildman–Crippen MR) is 135 cm³/mol. The van der Waals surface area contributed by atoms with E-state index >= 15 is 0 Å². The van der Waals surface area contributed by atoms with Crippen molar-refractivity contribution in [2.75, 3.05) is 28.6 Å². The second-order valence-corrected chi connectivity index (χ2v) is 8.52. The van der Waals surface area contributed by atoms with E-state index < -0.39 is 0 Å². The van der Waals surface area contributed by atoms with Gasteiger partial charge in [-0.15, -0.1) is 0 Å². The predicted octanol–water partition coefficient (Wildman–Crippen LogP) is 7.01. The highest BCUT2D eigenvalue weighted by molar-refractivity contribution is 9.10. The van der Waals surface area contributed by atoms with Crippen LogP contribution in [0.1, 0.15) is 6.42 Å². The number of halogens is 3. The van der Waals surface area contributed by atoms with Crippen molar-refractivity contribution < 1.29 is 9.59 Å². The van der Waals surface area contributed by atoms with E-state index in [0.29, 0.717) is 40.9 Å². The van der Waals surface area contributed by atoms with Crippen LogP contribution in [0.3, 0.4) is 0 Å². The second kappa shape index (κ2) is 11.8. The summed E-state index contributed by atoms with van der Waals surface area (Å²) in [7, 11) is 0. The highest BCUT2D eigenvalue weighted by Crippen LogP contribution is 2.25. The summed E-state index contributed by atoms with van der Waals surface area (Å²) in [6.45, 7) is 0.793. The summed E-state index contributed by atoms with van der Waals surface area (Å²) in [5.41, 5.74) is 1.97. The Balaban J connectivity index is 1.56. The molecule has 0 aromatic heterocycles. The van der Waals surface area contributed by atoms with Crippen LogP contribution in [0.4, 0.5) is 26.7 Å². The lowest BCUT2D eigenvalue weighted by molar-refractivity contribution is 0.252. The smallest absolute Gasteiger partial charge is 0.326 e. The first kappa shape index (κ1) is 23.9. The van der Waals surface area contributed by atoms with E-state index in [0.717, 1.165) is 10.2 Å². The fourth-order valence-electron chi connectivity index (χ4n) is 2.87. The summed E-state index contributed by atoms with van der Waals surface area (Å²) in [6.07, 6.45) is 0.553. The molecule has 9 heteroatoms. The minimum absolute atomic E-state index is 0.307. The summed E-state index contributed by atoms with van der Waals surface area (Å²) in [5.74, 6) is 0.